The molecule has 0 aliphatic carbocycles. The fourth-order valence-corrected chi connectivity index (χ4v) is 2.90. The van der Waals surface area contributed by atoms with Crippen LogP contribution in [-0.2, 0) is 17.1 Å². The number of sulfonamides is 1. The molecule has 0 spiro atoms. The number of rotatable bonds is 6. The van der Waals surface area contributed by atoms with Gasteiger partial charge in [0.15, 0.2) is 0 Å². The molecule has 0 amide bonds. The molecular formula is C13H17N3O3S. The molecule has 0 saturated carbocycles. The summed E-state index contributed by atoms with van der Waals surface area (Å²) in [4.78, 5) is 3.89. The maximum absolute atomic E-state index is 11.9. The Morgan fingerprint density at radius 2 is 2.20 bits per heavy atom. The Balaban J connectivity index is 1.92. The molecule has 0 saturated heterocycles. The van der Waals surface area contributed by atoms with E-state index in [9.17, 15) is 13.5 Å². The first-order chi connectivity index (χ1) is 9.50. The SMILES string of the molecule is Cn1cccc1[C@H](O)CCNS(=O)(=O)c1cccnc1. The standard InChI is InChI=1S/C13H17N3O3S/c1-16-9-3-5-12(16)13(17)6-8-15-20(18,19)11-4-2-7-14-10-11/h2-5,7,9-10,13,15,17H,6,8H2,1H3/t13-/m1/s1. The topological polar surface area (TPSA) is 84.2 Å². The monoisotopic (exact) mass is 295 g/mol. The average molecular weight is 295 g/mol. The fourth-order valence-electron chi connectivity index (χ4n) is 1.89. The highest BCUT2D eigenvalue weighted by atomic mass is 32.2. The molecule has 0 radical (unpaired) electrons. The first kappa shape index (κ1) is 14.7. The van der Waals surface area contributed by atoms with Crippen LogP contribution in [-0.4, -0.2) is 29.6 Å². The molecule has 7 heteroatoms. The van der Waals surface area contributed by atoms with Crippen LogP contribution in [0.25, 0.3) is 0 Å². The van der Waals surface area contributed by atoms with Crippen molar-refractivity contribution in [2.45, 2.75) is 17.4 Å². The minimum atomic E-state index is -3.57. The smallest absolute Gasteiger partial charge is 0.242 e. The summed E-state index contributed by atoms with van der Waals surface area (Å²) >= 11 is 0. The van der Waals surface area contributed by atoms with Crippen molar-refractivity contribution in [2.24, 2.45) is 7.05 Å². The summed E-state index contributed by atoms with van der Waals surface area (Å²) in [5.74, 6) is 0. The van der Waals surface area contributed by atoms with Crippen molar-refractivity contribution < 1.29 is 13.5 Å². The fraction of sp³-hybridized carbons (Fsp3) is 0.308. The lowest BCUT2D eigenvalue weighted by molar-refractivity contribution is 0.161. The van der Waals surface area contributed by atoms with E-state index in [1.807, 2.05) is 19.3 Å². The Hall–Kier alpha value is -1.70. The largest absolute Gasteiger partial charge is 0.387 e. The summed E-state index contributed by atoms with van der Waals surface area (Å²) < 4.78 is 28.1. The molecule has 20 heavy (non-hydrogen) atoms. The molecule has 6 nitrogen and oxygen atoms in total. The van der Waals surface area contributed by atoms with Crippen molar-refractivity contribution in [2.75, 3.05) is 6.54 Å². The Bertz CT molecular complexity index is 653. The normalized spacial score (nSPS) is 13.3. The predicted molar refractivity (Wildman–Crippen MR) is 74.4 cm³/mol. The number of pyridine rings is 1. The van der Waals surface area contributed by atoms with Crippen molar-refractivity contribution in [3.05, 3.63) is 48.5 Å². The molecule has 0 aromatic carbocycles. The van der Waals surface area contributed by atoms with Crippen LogP contribution in [0.5, 0.6) is 0 Å². The highest BCUT2D eigenvalue weighted by Crippen LogP contribution is 2.16. The third kappa shape index (κ3) is 3.44. The van der Waals surface area contributed by atoms with Crippen LogP contribution < -0.4 is 4.72 Å². The van der Waals surface area contributed by atoms with Gasteiger partial charge >= 0.3 is 0 Å². The van der Waals surface area contributed by atoms with E-state index in [4.69, 9.17) is 0 Å². The summed E-state index contributed by atoms with van der Waals surface area (Å²) in [5.41, 5.74) is 0.755. The van der Waals surface area contributed by atoms with E-state index in [1.165, 1.54) is 18.5 Å². The van der Waals surface area contributed by atoms with E-state index in [-0.39, 0.29) is 11.4 Å². The van der Waals surface area contributed by atoms with E-state index in [0.717, 1.165) is 5.69 Å². The minimum Gasteiger partial charge on any atom is -0.387 e. The van der Waals surface area contributed by atoms with Crippen LogP contribution in [0, 0.1) is 0 Å². The molecule has 0 fully saturated rings. The maximum atomic E-state index is 11.9. The first-order valence-electron chi connectivity index (χ1n) is 6.20. The molecule has 108 valence electrons. The van der Waals surface area contributed by atoms with Gasteiger partial charge in [-0.1, -0.05) is 0 Å². The zero-order valence-electron chi connectivity index (χ0n) is 11.1. The molecule has 2 aromatic rings. The van der Waals surface area contributed by atoms with Crippen molar-refractivity contribution in [3.8, 4) is 0 Å². The lowest BCUT2D eigenvalue weighted by Gasteiger charge is -2.12. The molecule has 2 N–H and O–H groups in total. The number of aryl methyl sites for hydroxylation is 1. The molecule has 0 aliphatic rings. The van der Waals surface area contributed by atoms with Gasteiger partial charge in [-0.05, 0) is 30.7 Å². The second kappa shape index (κ2) is 6.17. The number of hydrogen-bond donors (Lipinski definition) is 2. The zero-order chi connectivity index (χ0) is 14.6. The van der Waals surface area contributed by atoms with E-state index in [1.54, 1.807) is 16.7 Å². The molecule has 0 bridgehead atoms. The van der Waals surface area contributed by atoms with E-state index in [0.29, 0.717) is 6.42 Å². The number of nitrogens with one attached hydrogen (secondary N) is 1. The molecule has 0 unspecified atom stereocenters. The third-order valence-corrected chi connectivity index (χ3v) is 4.43. The Morgan fingerprint density at radius 1 is 1.40 bits per heavy atom. The van der Waals surface area contributed by atoms with Gasteiger partial charge in [0.05, 0.1) is 6.10 Å². The van der Waals surface area contributed by atoms with Crippen molar-refractivity contribution in [1.29, 1.82) is 0 Å². The summed E-state index contributed by atoms with van der Waals surface area (Å²) in [7, 11) is -1.73. The van der Waals surface area contributed by atoms with Crippen molar-refractivity contribution in [1.82, 2.24) is 14.3 Å². The van der Waals surface area contributed by atoms with Crippen LogP contribution in [0.4, 0.5) is 0 Å². The van der Waals surface area contributed by atoms with Gasteiger partial charge in [0.2, 0.25) is 10.0 Å². The number of aliphatic hydroxyl groups excluding tert-OH is 1. The van der Waals surface area contributed by atoms with Gasteiger partial charge in [-0.15, -0.1) is 0 Å². The number of nitrogens with zero attached hydrogens (tertiary/aromatic N) is 2. The van der Waals surface area contributed by atoms with E-state index < -0.39 is 16.1 Å². The highest BCUT2D eigenvalue weighted by molar-refractivity contribution is 7.89. The number of aromatic nitrogens is 2. The maximum Gasteiger partial charge on any atom is 0.242 e. The van der Waals surface area contributed by atoms with Gasteiger partial charge in [-0.3, -0.25) is 4.98 Å². The molecule has 2 heterocycles. The van der Waals surface area contributed by atoms with Gasteiger partial charge in [0.25, 0.3) is 0 Å². The molecule has 1 atom stereocenters. The van der Waals surface area contributed by atoms with Gasteiger partial charge in [-0.2, -0.15) is 0 Å². The van der Waals surface area contributed by atoms with Crippen LogP contribution >= 0.6 is 0 Å². The Labute approximate surface area is 118 Å². The van der Waals surface area contributed by atoms with Crippen LogP contribution in [0.15, 0.2) is 47.8 Å². The number of hydrogen-bond acceptors (Lipinski definition) is 4. The lowest BCUT2D eigenvalue weighted by Crippen LogP contribution is -2.26. The summed E-state index contributed by atoms with van der Waals surface area (Å²) in [6.07, 6.45) is 4.23. The predicted octanol–water partition coefficient (Wildman–Crippen LogP) is 0.822. The first-order valence-corrected chi connectivity index (χ1v) is 7.68. The van der Waals surface area contributed by atoms with Gasteiger partial charge in [-0.25, -0.2) is 13.1 Å². The molecule has 2 rings (SSSR count). The second-order valence-electron chi connectivity index (χ2n) is 4.43. The molecule has 2 aromatic heterocycles. The summed E-state index contributed by atoms with van der Waals surface area (Å²) in [5, 5.41) is 9.99. The highest BCUT2D eigenvalue weighted by Gasteiger charge is 2.15. The van der Waals surface area contributed by atoms with Crippen LogP contribution in [0.3, 0.4) is 0 Å². The van der Waals surface area contributed by atoms with Crippen molar-refractivity contribution in [3.63, 3.8) is 0 Å². The van der Waals surface area contributed by atoms with Crippen LogP contribution in [0.1, 0.15) is 18.2 Å². The third-order valence-electron chi connectivity index (χ3n) is 2.98. The van der Waals surface area contributed by atoms with Gasteiger partial charge in [0, 0.05) is 37.9 Å². The zero-order valence-corrected chi connectivity index (χ0v) is 11.9. The minimum absolute atomic E-state index is 0.119. The second-order valence-corrected chi connectivity index (χ2v) is 6.20. The van der Waals surface area contributed by atoms with Gasteiger partial charge in [0.1, 0.15) is 4.90 Å². The van der Waals surface area contributed by atoms with Crippen LogP contribution in [0.2, 0.25) is 0 Å². The van der Waals surface area contributed by atoms with Crippen molar-refractivity contribution >= 4 is 10.0 Å². The number of aliphatic hydroxyl groups is 1. The summed E-state index contributed by atoms with van der Waals surface area (Å²) in [6, 6.07) is 6.68. The Morgan fingerprint density at radius 3 is 2.80 bits per heavy atom. The summed E-state index contributed by atoms with van der Waals surface area (Å²) in [6.45, 7) is 0.156. The van der Waals surface area contributed by atoms with E-state index >= 15 is 0 Å². The van der Waals surface area contributed by atoms with Gasteiger partial charge < -0.3 is 9.67 Å². The molecular weight excluding hydrogens is 278 g/mol. The molecule has 0 aliphatic heterocycles. The van der Waals surface area contributed by atoms with E-state index in [2.05, 4.69) is 9.71 Å². The lowest BCUT2D eigenvalue weighted by atomic mass is 10.2. The Kier molecular flexibility index (Phi) is 4.53. The average Bonchev–Trinajstić information content (AvgIpc) is 2.86. The quantitative estimate of drug-likeness (QED) is 0.826.